The van der Waals surface area contributed by atoms with E-state index in [0.717, 1.165) is 6.54 Å². The van der Waals surface area contributed by atoms with Gasteiger partial charge in [-0.05, 0) is 24.7 Å². The highest BCUT2D eigenvalue weighted by Crippen LogP contribution is 2.48. The molecule has 0 amide bonds. The van der Waals surface area contributed by atoms with Crippen LogP contribution in [0.5, 0.6) is 12.0 Å². The van der Waals surface area contributed by atoms with Crippen LogP contribution in [0.3, 0.4) is 0 Å². The molecular formula is C11H18N4O2. The third kappa shape index (κ3) is 2.75. The number of aromatic nitrogens is 3. The minimum atomic E-state index is 0.265. The van der Waals surface area contributed by atoms with Crippen LogP contribution in [0.2, 0.25) is 0 Å². The van der Waals surface area contributed by atoms with Crippen LogP contribution in [0.1, 0.15) is 26.2 Å². The Morgan fingerprint density at radius 3 is 2.12 bits per heavy atom. The lowest BCUT2D eigenvalue weighted by molar-refractivity contribution is 0.340. The fourth-order valence-corrected chi connectivity index (χ4v) is 1.70. The number of anilines is 1. The highest BCUT2D eigenvalue weighted by atomic mass is 16.5. The van der Waals surface area contributed by atoms with Gasteiger partial charge >= 0.3 is 12.0 Å². The molecule has 0 aromatic carbocycles. The first-order valence-electron chi connectivity index (χ1n) is 5.79. The van der Waals surface area contributed by atoms with Gasteiger partial charge in [-0.1, -0.05) is 6.92 Å². The zero-order valence-corrected chi connectivity index (χ0v) is 10.5. The van der Waals surface area contributed by atoms with Crippen molar-refractivity contribution in [3.05, 3.63) is 0 Å². The van der Waals surface area contributed by atoms with E-state index < -0.39 is 0 Å². The lowest BCUT2D eigenvalue weighted by Crippen LogP contribution is -2.16. The number of methoxy groups -OCH3 is 2. The van der Waals surface area contributed by atoms with E-state index in [1.54, 1.807) is 0 Å². The SMILES string of the molecule is CCC1(CNc2nc(OC)nc(OC)n2)CC1. The van der Waals surface area contributed by atoms with Crippen molar-refractivity contribution in [3.8, 4) is 12.0 Å². The quantitative estimate of drug-likeness (QED) is 0.809. The average Bonchev–Trinajstić information content (AvgIpc) is 3.16. The molecule has 1 aromatic rings. The predicted molar refractivity (Wildman–Crippen MR) is 63.4 cm³/mol. The summed E-state index contributed by atoms with van der Waals surface area (Å²) in [6.45, 7) is 3.10. The lowest BCUT2D eigenvalue weighted by Gasteiger charge is -2.13. The second-order valence-electron chi connectivity index (χ2n) is 4.34. The van der Waals surface area contributed by atoms with Gasteiger partial charge in [-0.15, -0.1) is 4.98 Å². The van der Waals surface area contributed by atoms with E-state index in [1.807, 2.05) is 0 Å². The third-order valence-corrected chi connectivity index (χ3v) is 3.29. The Labute approximate surface area is 101 Å². The summed E-state index contributed by atoms with van der Waals surface area (Å²) in [5, 5.41) is 3.23. The summed E-state index contributed by atoms with van der Waals surface area (Å²) in [6, 6.07) is 0.529. The lowest BCUT2D eigenvalue weighted by atomic mass is 10.0. The summed E-state index contributed by atoms with van der Waals surface area (Å²) < 4.78 is 9.98. The van der Waals surface area contributed by atoms with Gasteiger partial charge in [0.15, 0.2) is 0 Å². The van der Waals surface area contributed by atoms with Gasteiger partial charge in [0.2, 0.25) is 5.95 Å². The minimum Gasteiger partial charge on any atom is -0.467 e. The van der Waals surface area contributed by atoms with Gasteiger partial charge < -0.3 is 14.8 Å². The Morgan fingerprint density at radius 2 is 1.71 bits per heavy atom. The van der Waals surface area contributed by atoms with Crippen LogP contribution in [0.25, 0.3) is 0 Å². The molecule has 1 N–H and O–H groups in total. The third-order valence-electron chi connectivity index (χ3n) is 3.29. The summed E-state index contributed by atoms with van der Waals surface area (Å²) in [4.78, 5) is 12.2. The van der Waals surface area contributed by atoms with Gasteiger partial charge in [-0.3, -0.25) is 0 Å². The maximum Gasteiger partial charge on any atom is 0.324 e. The standard InChI is InChI=1S/C11H18N4O2/c1-4-11(5-6-11)7-12-8-13-9(16-2)15-10(14-8)17-3/h4-7H2,1-3H3,(H,12,13,14,15). The summed E-state index contributed by atoms with van der Waals surface area (Å²) >= 11 is 0. The second-order valence-corrected chi connectivity index (χ2v) is 4.34. The normalized spacial score (nSPS) is 16.4. The van der Waals surface area contributed by atoms with Crippen LogP contribution in [0.4, 0.5) is 5.95 Å². The molecule has 0 atom stereocenters. The van der Waals surface area contributed by atoms with Gasteiger partial charge in [0.05, 0.1) is 14.2 Å². The molecule has 94 valence electrons. The van der Waals surface area contributed by atoms with Crippen LogP contribution in [0.15, 0.2) is 0 Å². The van der Waals surface area contributed by atoms with Crippen molar-refractivity contribution in [2.45, 2.75) is 26.2 Å². The van der Waals surface area contributed by atoms with Crippen LogP contribution in [-0.2, 0) is 0 Å². The van der Waals surface area contributed by atoms with Crippen molar-refractivity contribution < 1.29 is 9.47 Å². The fraction of sp³-hybridized carbons (Fsp3) is 0.727. The molecule has 6 nitrogen and oxygen atoms in total. The van der Waals surface area contributed by atoms with E-state index in [-0.39, 0.29) is 12.0 Å². The van der Waals surface area contributed by atoms with Crippen molar-refractivity contribution in [1.82, 2.24) is 15.0 Å². The first-order chi connectivity index (χ1) is 8.21. The molecule has 1 fully saturated rings. The first kappa shape index (κ1) is 11.9. The van der Waals surface area contributed by atoms with Crippen LogP contribution in [-0.4, -0.2) is 35.7 Å². The number of rotatable bonds is 6. The summed E-state index contributed by atoms with van der Waals surface area (Å²) in [7, 11) is 3.04. The van der Waals surface area contributed by atoms with Crippen molar-refractivity contribution in [2.24, 2.45) is 5.41 Å². The molecule has 1 aliphatic rings. The Morgan fingerprint density at radius 1 is 1.12 bits per heavy atom. The molecule has 1 aliphatic carbocycles. The fourth-order valence-electron chi connectivity index (χ4n) is 1.70. The molecule has 1 saturated carbocycles. The van der Waals surface area contributed by atoms with E-state index in [2.05, 4.69) is 27.2 Å². The highest BCUT2D eigenvalue weighted by Gasteiger charge is 2.40. The van der Waals surface area contributed by atoms with Crippen molar-refractivity contribution >= 4 is 5.95 Å². The molecule has 0 aliphatic heterocycles. The number of nitrogens with zero attached hydrogens (tertiary/aromatic N) is 3. The number of nitrogens with one attached hydrogen (secondary N) is 1. The summed E-state index contributed by atoms with van der Waals surface area (Å²) in [6.07, 6.45) is 3.73. The van der Waals surface area contributed by atoms with Gasteiger partial charge in [0, 0.05) is 6.54 Å². The average molecular weight is 238 g/mol. The van der Waals surface area contributed by atoms with Crippen molar-refractivity contribution in [2.75, 3.05) is 26.1 Å². The van der Waals surface area contributed by atoms with Gasteiger partial charge in [-0.25, -0.2) is 0 Å². The Kier molecular flexibility index (Phi) is 3.31. The minimum absolute atomic E-state index is 0.265. The molecule has 6 heteroatoms. The molecule has 1 aromatic heterocycles. The molecule has 1 heterocycles. The zero-order valence-electron chi connectivity index (χ0n) is 10.5. The molecule has 0 spiro atoms. The van der Waals surface area contributed by atoms with E-state index in [9.17, 15) is 0 Å². The summed E-state index contributed by atoms with van der Waals surface area (Å²) in [5.41, 5.74) is 0.438. The van der Waals surface area contributed by atoms with Gasteiger partial charge in [-0.2, -0.15) is 9.97 Å². The Hall–Kier alpha value is -1.59. The number of hydrogen-bond acceptors (Lipinski definition) is 6. The van der Waals surface area contributed by atoms with E-state index >= 15 is 0 Å². The Balaban J connectivity index is 2.04. The van der Waals surface area contributed by atoms with Gasteiger partial charge in [0.25, 0.3) is 0 Å². The zero-order chi connectivity index (χ0) is 12.3. The van der Waals surface area contributed by atoms with E-state index in [4.69, 9.17) is 9.47 Å². The molecule has 0 saturated heterocycles. The topological polar surface area (TPSA) is 69.2 Å². The van der Waals surface area contributed by atoms with Crippen LogP contribution < -0.4 is 14.8 Å². The molecule has 0 bridgehead atoms. The highest BCUT2D eigenvalue weighted by molar-refractivity contribution is 5.28. The van der Waals surface area contributed by atoms with Crippen molar-refractivity contribution in [3.63, 3.8) is 0 Å². The largest absolute Gasteiger partial charge is 0.467 e. The van der Waals surface area contributed by atoms with Crippen molar-refractivity contribution in [1.29, 1.82) is 0 Å². The van der Waals surface area contributed by atoms with Gasteiger partial charge in [0.1, 0.15) is 0 Å². The van der Waals surface area contributed by atoms with Crippen LogP contribution in [0, 0.1) is 5.41 Å². The summed E-state index contributed by atoms with van der Waals surface area (Å²) in [5.74, 6) is 0.508. The molecule has 17 heavy (non-hydrogen) atoms. The first-order valence-corrected chi connectivity index (χ1v) is 5.79. The maximum absolute atomic E-state index is 4.99. The molecular weight excluding hydrogens is 220 g/mol. The predicted octanol–water partition coefficient (Wildman–Crippen LogP) is 1.49. The molecule has 0 unspecified atom stereocenters. The molecule has 2 rings (SSSR count). The van der Waals surface area contributed by atoms with E-state index in [0.29, 0.717) is 11.4 Å². The second kappa shape index (κ2) is 4.73. The van der Waals surface area contributed by atoms with E-state index in [1.165, 1.54) is 33.5 Å². The smallest absolute Gasteiger partial charge is 0.324 e. The molecule has 0 radical (unpaired) electrons. The monoisotopic (exact) mass is 238 g/mol. The van der Waals surface area contributed by atoms with Crippen LogP contribution >= 0.6 is 0 Å². The Bertz CT molecular complexity index is 371. The number of ether oxygens (including phenoxy) is 2. The number of hydrogen-bond donors (Lipinski definition) is 1. The maximum atomic E-state index is 4.99.